The molecule has 1 aromatic rings. The van der Waals surface area contributed by atoms with Crippen molar-refractivity contribution >= 4 is 18.2 Å². The summed E-state index contributed by atoms with van der Waals surface area (Å²) in [5.41, 5.74) is 0.104. The standard InChI is InChI=1S/C16H23FN2O3S/c1-4-18-11-13(17)14(23)19(16(18)21)9-7-5-6-8-10-22-15(20)12(2)3/h11H,2,4-10H2,1,3H3. The van der Waals surface area contributed by atoms with Crippen molar-refractivity contribution in [3.8, 4) is 0 Å². The monoisotopic (exact) mass is 342 g/mol. The first-order valence-electron chi connectivity index (χ1n) is 7.70. The molecule has 0 aliphatic heterocycles. The average Bonchev–Trinajstić information content (AvgIpc) is 2.52. The molecule has 0 fully saturated rings. The third-order valence-corrected chi connectivity index (χ3v) is 3.81. The lowest BCUT2D eigenvalue weighted by Crippen LogP contribution is -2.31. The Labute approximate surface area is 140 Å². The second kappa shape index (κ2) is 9.39. The van der Waals surface area contributed by atoms with Gasteiger partial charge < -0.3 is 4.74 Å². The molecule has 1 rings (SSSR count). The van der Waals surface area contributed by atoms with Gasteiger partial charge in [-0.1, -0.05) is 25.2 Å². The third kappa shape index (κ3) is 5.74. The van der Waals surface area contributed by atoms with Crippen LogP contribution in [0.15, 0.2) is 23.1 Å². The minimum Gasteiger partial charge on any atom is -0.462 e. The maximum absolute atomic E-state index is 13.7. The lowest BCUT2D eigenvalue weighted by molar-refractivity contribution is -0.139. The van der Waals surface area contributed by atoms with Crippen LogP contribution in [0.2, 0.25) is 0 Å². The van der Waals surface area contributed by atoms with E-state index in [1.807, 2.05) is 0 Å². The maximum Gasteiger partial charge on any atom is 0.333 e. The predicted octanol–water partition coefficient (Wildman–Crippen LogP) is 3.22. The molecule has 0 bridgehead atoms. The molecule has 23 heavy (non-hydrogen) atoms. The molecule has 0 radical (unpaired) electrons. The summed E-state index contributed by atoms with van der Waals surface area (Å²) >= 11 is 4.97. The van der Waals surface area contributed by atoms with Gasteiger partial charge in [-0.3, -0.25) is 9.13 Å². The van der Waals surface area contributed by atoms with Gasteiger partial charge >= 0.3 is 11.7 Å². The van der Waals surface area contributed by atoms with Gasteiger partial charge in [0.05, 0.1) is 6.61 Å². The smallest absolute Gasteiger partial charge is 0.333 e. The second-order valence-corrected chi connectivity index (χ2v) is 5.72. The molecule has 0 spiro atoms. The maximum atomic E-state index is 13.7. The first kappa shape index (κ1) is 19.3. The normalized spacial score (nSPS) is 10.6. The summed E-state index contributed by atoms with van der Waals surface area (Å²) in [6.07, 6.45) is 4.30. The molecule has 7 heteroatoms. The van der Waals surface area contributed by atoms with Crippen LogP contribution < -0.4 is 5.69 Å². The topological polar surface area (TPSA) is 53.2 Å². The quantitative estimate of drug-likeness (QED) is 0.299. The molecular weight excluding hydrogens is 319 g/mol. The molecule has 0 unspecified atom stereocenters. The summed E-state index contributed by atoms with van der Waals surface area (Å²) < 4.78 is 21.2. The summed E-state index contributed by atoms with van der Waals surface area (Å²) in [5.74, 6) is -0.927. The fourth-order valence-corrected chi connectivity index (χ4v) is 2.28. The van der Waals surface area contributed by atoms with Crippen molar-refractivity contribution in [3.63, 3.8) is 0 Å². The number of carbonyl (C=O) groups is 1. The van der Waals surface area contributed by atoms with E-state index in [1.54, 1.807) is 13.8 Å². The lowest BCUT2D eigenvalue weighted by Gasteiger charge is -2.10. The molecule has 0 saturated carbocycles. The molecule has 0 atom stereocenters. The number of esters is 1. The highest BCUT2D eigenvalue weighted by Gasteiger charge is 2.07. The zero-order chi connectivity index (χ0) is 17.4. The minimum atomic E-state index is -0.548. The Bertz CT molecular complexity index is 679. The molecular formula is C16H23FN2O3S. The van der Waals surface area contributed by atoms with E-state index in [-0.39, 0.29) is 16.3 Å². The fraction of sp³-hybridized carbons (Fsp3) is 0.562. The van der Waals surface area contributed by atoms with E-state index in [4.69, 9.17) is 17.0 Å². The van der Waals surface area contributed by atoms with Crippen LogP contribution in [0, 0.1) is 10.5 Å². The first-order valence-corrected chi connectivity index (χ1v) is 8.11. The van der Waals surface area contributed by atoms with Gasteiger partial charge in [-0.2, -0.15) is 0 Å². The highest BCUT2D eigenvalue weighted by Crippen LogP contribution is 2.05. The molecule has 0 N–H and O–H groups in total. The summed E-state index contributed by atoms with van der Waals surface area (Å²) in [7, 11) is 0. The molecule has 0 amide bonds. The van der Waals surface area contributed by atoms with Crippen molar-refractivity contribution in [1.82, 2.24) is 9.13 Å². The summed E-state index contributed by atoms with van der Waals surface area (Å²) in [4.78, 5) is 23.3. The average molecular weight is 342 g/mol. The molecule has 0 aromatic carbocycles. The molecule has 1 aromatic heterocycles. The highest BCUT2D eigenvalue weighted by atomic mass is 32.1. The molecule has 0 saturated heterocycles. The van der Waals surface area contributed by atoms with E-state index in [2.05, 4.69) is 6.58 Å². The van der Waals surface area contributed by atoms with E-state index in [1.165, 1.54) is 9.13 Å². The van der Waals surface area contributed by atoms with Crippen LogP contribution in [0.25, 0.3) is 0 Å². The SMILES string of the molecule is C=C(C)C(=O)OCCCCCCn1c(=S)c(F)cn(CC)c1=O. The van der Waals surface area contributed by atoms with Gasteiger partial charge in [-0.25, -0.2) is 14.0 Å². The van der Waals surface area contributed by atoms with Crippen molar-refractivity contribution in [3.05, 3.63) is 39.3 Å². The van der Waals surface area contributed by atoms with Gasteiger partial charge in [0.1, 0.15) is 4.64 Å². The van der Waals surface area contributed by atoms with Crippen molar-refractivity contribution in [1.29, 1.82) is 0 Å². The van der Waals surface area contributed by atoms with E-state index in [9.17, 15) is 14.0 Å². The Morgan fingerprint density at radius 1 is 1.35 bits per heavy atom. The van der Waals surface area contributed by atoms with E-state index < -0.39 is 5.82 Å². The van der Waals surface area contributed by atoms with Crippen LogP contribution in [0.4, 0.5) is 4.39 Å². The van der Waals surface area contributed by atoms with Gasteiger partial charge in [0.2, 0.25) is 0 Å². The van der Waals surface area contributed by atoms with E-state index in [0.29, 0.717) is 31.7 Å². The molecule has 0 aliphatic rings. The zero-order valence-corrected chi connectivity index (χ0v) is 14.5. The summed E-state index contributed by atoms with van der Waals surface area (Å²) in [6, 6.07) is 0. The van der Waals surface area contributed by atoms with Crippen LogP contribution in [-0.4, -0.2) is 21.7 Å². The van der Waals surface area contributed by atoms with Crippen LogP contribution >= 0.6 is 12.2 Å². The van der Waals surface area contributed by atoms with Crippen molar-refractivity contribution in [2.45, 2.75) is 52.6 Å². The number of aryl methyl sites for hydroxylation is 1. The molecule has 128 valence electrons. The van der Waals surface area contributed by atoms with Crippen LogP contribution in [0.5, 0.6) is 0 Å². The first-order chi connectivity index (χ1) is 10.9. The second-order valence-electron chi connectivity index (χ2n) is 5.33. The van der Waals surface area contributed by atoms with Crippen LogP contribution in [0.1, 0.15) is 39.5 Å². The highest BCUT2D eigenvalue weighted by molar-refractivity contribution is 7.71. The molecule has 0 aliphatic carbocycles. The number of aromatic nitrogens is 2. The Kier molecular flexibility index (Phi) is 7.88. The predicted molar refractivity (Wildman–Crippen MR) is 89.4 cm³/mol. The number of hydrogen-bond acceptors (Lipinski definition) is 4. The Morgan fingerprint density at radius 2 is 2.00 bits per heavy atom. The van der Waals surface area contributed by atoms with Gasteiger partial charge in [0.15, 0.2) is 5.82 Å². The Balaban J connectivity index is 2.41. The number of nitrogens with zero attached hydrogens (tertiary/aromatic N) is 2. The lowest BCUT2D eigenvalue weighted by atomic mass is 10.2. The third-order valence-electron chi connectivity index (χ3n) is 3.39. The number of halogens is 1. The summed E-state index contributed by atoms with van der Waals surface area (Å²) in [6.45, 7) is 8.04. The van der Waals surface area contributed by atoms with Gasteiger partial charge in [0.25, 0.3) is 0 Å². The van der Waals surface area contributed by atoms with Crippen molar-refractivity contribution < 1.29 is 13.9 Å². The van der Waals surface area contributed by atoms with E-state index >= 15 is 0 Å². The van der Waals surface area contributed by atoms with Crippen molar-refractivity contribution in [2.24, 2.45) is 0 Å². The van der Waals surface area contributed by atoms with Crippen LogP contribution in [-0.2, 0) is 22.6 Å². The fourth-order valence-electron chi connectivity index (χ4n) is 2.06. The number of carbonyl (C=O) groups excluding carboxylic acids is 1. The minimum absolute atomic E-state index is 0.0462. The number of unbranched alkanes of at least 4 members (excludes halogenated alkanes) is 3. The number of rotatable bonds is 9. The molecule has 5 nitrogen and oxygen atoms in total. The number of hydrogen-bond donors (Lipinski definition) is 0. The van der Waals surface area contributed by atoms with E-state index in [0.717, 1.165) is 25.5 Å². The largest absolute Gasteiger partial charge is 0.462 e. The zero-order valence-electron chi connectivity index (χ0n) is 13.6. The Morgan fingerprint density at radius 3 is 2.61 bits per heavy atom. The van der Waals surface area contributed by atoms with Gasteiger partial charge in [-0.15, -0.1) is 0 Å². The van der Waals surface area contributed by atoms with Gasteiger partial charge in [0, 0.05) is 24.9 Å². The number of ether oxygens (including phenoxy) is 1. The van der Waals surface area contributed by atoms with Crippen LogP contribution in [0.3, 0.4) is 0 Å². The van der Waals surface area contributed by atoms with Gasteiger partial charge in [-0.05, 0) is 33.1 Å². The Hall–Kier alpha value is -1.76. The summed E-state index contributed by atoms with van der Waals surface area (Å²) in [5, 5.41) is 0. The molecule has 1 heterocycles. The van der Waals surface area contributed by atoms with Crippen molar-refractivity contribution in [2.75, 3.05) is 6.61 Å².